The Kier molecular flexibility index (Phi) is 7.57. The van der Waals surface area contributed by atoms with E-state index in [1.807, 2.05) is 31.2 Å². The normalized spacial score (nSPS) is 15.8. The smallest absolute Gasteiger partial charge is 0.264 e. The molecule has 0 bridgehead atoms. The predicted molar refractivity (Wildman–Crippen MR) is 139 cm³/mol. The molecule has 1 aliphatic rings. The molecule has 1 N–H and O–H groups in total. The number of carbonyl (C=O) groups is 1. The van der Waals surface area contributed by atoms with E-state index in [4.69, 9.17) is 51.1 Å². The predicted octanol–water partition coefficient (Wildman–Crippen LogP) is 8.08. The molecule has 1 aliphatic heterocycles. The van der Waals surface area contributed by atoms with Crippen molar-refractivity contribution in [2.75, 3.05) is 0 Å². The summed E-state index contributed by atoms with van der Waals surface area (Å²) in [5.41, 5.74) is 3.28. The highest BCUT2D eigenvalue weighted by Gasteiger charge is 2.24. The van der Waals surface area contributed by atoms with Crippen LogP contribution in [-0.2, 0) is 11.4 Å². The summed E-state index contributed by atoms with van der Waals surface area (Å²) < 4.78 is 5.85. The number of carbonyl (C=O) groups excluding carboxylic acids is 1. The SMILES string of the molecule is Cc1cccc(COc2c(Cl)cc(/C=C3/SC(=Nc4cccc(Cl)c4Cl)NC3=O)cc2Cl)c1. The van der Waals surface area contributed by atoms with Crippen LogP contribution in [0.25, 0.3) is 6.08 Å². The molecule has 0 atom stereocenters. The van der Waals surface area contributed by atoms with Crippen molar-refractivity contribution in [2.45, 2.75) is 13.5 Å². The van der Waals surface area contributed by atoms with Crippen molar-refractivity contribution in [3.63, 3.8) is 0 Å². The summed E-state index contributed by atoms with van der Waals surface area (Å²) in [4.78, 5) is 17.2. The highest BCUT2D eigenvalue weighted by Crippen LogP contribution is 2.38. The lowest BCUT2D eigenvalue weighted by atomic mass is 10.1. The van der Waals surface area contributed by atoms with Gasteiger partial charge in [0.15, 0.2) is 10.9 Å². The van der Waals surface area contributed by atoms with Crippen LogP contribution in [0.1, 0.15) is 16.7 Å². The van der Waals surface area contributed by atoms with Crippen LogP contribution in [0.3, 0.4) is 0 Å². The first-order chi connectivity index (χ1) is 15.8. The number of aryl methyl sites for hydroxylation is 1. The number of amidine groups is 1. The molecule has 0 aliphatic carbocycles. The van der Waals surface area contributed by atoms with Gasteiger partial charge in [0.1, 0.15) is 6.61 Å². The van der Waals surface area contributed by atoms with E-state index < -0.39 is 0 Å². The largest absolute Gasteiger partial charge is 0.486 e. The van der Waals surface area contributed by atoms with Gasteiger partial charge in [-0.15, -0.1) is 0 Å². The van der Waals surface area contributed by atoms with Gasteiger partial charge in [-0.05, 0) is 60.2 Å². The molecule has 1 fully saturated rings. The lowest BCUT2D eigenvalue weighted by molar-refractivity contribution is -0.115. The highest BCUT2D eigenvalue weighted by molar-refractivity contribution is 8.18. The Bertz CT molecular complexity index is 1280. The Morgan fingerprint density at radius 3 is 2.45 bits per heavy atom. The number of nitrogens with one attached hydrogen (secondary N) is 1. The fraction of sp³-hybridized carbons (Fsp3) is 0.0833. The van der Waals surface area contributed by atoms with Gasteiger partial charge in [-0.1, -0.05) is 82.3 Å². The Morgan fingerprint density at radius 1 is 1.00 bits per heavy atom. The van der Waals surface area contributed by atoms with Crippen molar-refractivity contribution < 1.29 is 9.53 Å². The monoisotopic (exact) mass is 536 g/mol. The molecule has 9 heteroatoms. The van der Waals surface area contributed by atoms with E-state index in [2.05, 4.69) is 10.3 Å². The number of benzene rings is 3. The van der Waals surface area contributed by atoms with Crippen LogP contribution >= 0.6 is 58.2 Å². The van der Waals surface area contributed by atoms with Crippen molar-refractivity contribution in [1.29, 1.82) is 0 Å². The van der Waals surface area contributed by atoms with Gasteiger partial charge in [-0.3, -0.25) is 4.79 Å². The van der Waals surface area contributed by atoms with Crippen molar-refractivity contribution >= 4 is 81.0 Å². The number of thioether (sulfide) groups is 1. The number of ether oxygens (including phenoxy) is 1. The van der Waals surface area contributed by atoms with Crippen LogP contribution in [0, 0.1) is 6.92 Å². The minimum atomic E-state index is -0.288. The molecule has 3 aromatic rings. The third-order valence-corrected chi connectivity index (χ3v) is 6.87. The molecule has 4 rings (SSSR count). The van der Waals surface area contributed by atoms with Crippen LogP contribution in [0.15, 0.2) is 64.5 Å². The van der Waals surface area contributed by atoms with E-state index in [-0.39, 0.29) is 5.91 Å². The molecular weight excluding hydrogens is 522 g/mol. The maximum Gasteiger partial charge on any atom is 0.264 e. The molecule has 0 unspecified atom stereocenters. The first-order valence-corrected chi connectivity index (χ1v) is 12.0. The van der Waals surface area contributed by atoms with Gasteiger partial charge in [0.05, 0.1) is 30.7 Å². The fourth-order valence-electron chi connectivity index (χ4n) is 3.08. The van der Waals surface area contributed by atoms with Crippen molar-refractivity contribution in [3.8, 4) is 5.75 Å². The summed E-state index contributed by atoms with van der Waals surface area (Å²) in [5, 5.41) is 4.52. The third-order valence-electron chi connectivity index (χ3n) is 4.59. The van der Waals surface area contributed by atoms with Crippen LogP contribution in [-0.4, -0.2) is 11.1 Å². The van der Waals surface area contributed by atoms with E-state index in [0.717, 1.165) is 11.1 Å². The van der Waals surface area contributed by atoms with E-state index in [1.165, 1.54) is 11.8 Å². The van der Waals surface area contributed by atoms with E-state index in [1.54, 1.807) is 36.4 Å². The first kappa shape index (κ1) is 24.0. The number of halogens is 4. The number of nitrogens with zero attached hydrogens (tertiary/aromatic N) is 1. The minimum Gasteiger partial charge on any atom is -0.486 e. The summed E-state index contributed by atoms with van der Waals surface area (Å²) in [6, 6.07) is 16.5. The second kappa shape index (κ2) is 10.4. The number of amides is 1. The second-order valence-electron chi connectivity index (χ2n) is 7.15. The second-order valence-corrected chi connectivity index (χ2v) is 9.78. The molecular formula is C24H16Cl4N2O2S. The van der Waals surface area contributed by atoms with Crippen LogP contribution in [0.2, 0.25) is 20.1 Å². The van der Waals surface area contributed by atoms with Crippen molar-refractivity contribution in [2.24, 2.45) is 4.99 Å². The van der Waals surface area contributed by atoms with E-state index >= 15 is 0 Å². The molecule has 3 aromatic carbocycles. The average Bonchev–Trinajstić information content (AvgIpc) is 3.09. The lowest BCUT2D eigenvalue weighted by Crippen LogP contribution is -2.19. The topological polar surface area (TPSA) is 50.7 Å². The lowest BCUT2D eigenvalue weighted by Gasteiger charge is -2.11. The molecule has 0 aromatic heterocycles. The van der Waals surface area contributed by atoms with Gasteiger partial charge in [-0.25, -0.2) is 4.99 Å². The van der Waals surface area contributed by atoms with Gasteiger partial charge >= 0.3 is 0 Å². The van der Waals surface area contributed by atoms with Crippen LogP contribution in [0.5, 0.6) is 5.75 Å². The van der Waals surface area contributed by atoms with E-state index in [0.29, 0.717) is 53.8 Å². The number of aliphatic imine (C=N–C) groups is 1. The first-order valence-electron chi connectivity index (χ1n) is 9.71. The highest BCUT2D eigenvalue weighted by atomic mass is 35.5. The molecule has 0 spiro atoms. The van der Waals surface area contributed by atoms with Gasteiger partial charge in [0, 0.05) is 0 Å². The summed E-state index contributed by atoms with van der Waals surface area (Å²) in [6.45, 7) is 2.36. The fourth-order valence-corrected chi connectivity index (χ4v) is 4.86. The van der Waals surface area contributed by atoms with Crippen molar-refractivity contribution in [1.82, 2.24) is 5.32 Å². The average molecular weight is 538 g/mol. The maximum atomic E-state index is 12.4. The van der Waals surface area contributed by atoms with Gasteiger partial charge in [0.2, 0.25) is 0 Å². The molecule has 1 saturated heterocycles. The zero-order valence-electron chi connectivity index (χ0n) is 17.2. The Morgan fingerprint density at radius 2 is 1.73 bits per heavy atom. The third kappa shape index (κ3) is 5.86. The van der Waals surface area contributed by atoms with Crippen molar-refractivity contribution in [3.05, 3.63) is 96.3 Å². The number of hydrogen-bond donors (Lipinski definition) is 1. The van der Waals surface area contributed by atoms with E-state index in [9.17, 15) is 4.79 Å². The summed E-state index contributed by atoms with van der Waals surface area (Å²) >= 11 is 26.2. The standard InChI is InChI=1S/C24H16Cl4N2O2S/c1-13-4-2-5-14(8-13)12-32-22-17(26)9-15(10-18(22)27)11-20-23(31)30-24(33-20)29-19-7-3-6-16(25)21(19)28/h2-11H,12H2,1H3,(H,29,30,31)/b20-11+. The van der Waals surface area contributed by atoms with Gasteiger partial charge < -0.3 is 10.1 Å². The zero-order chi connectivity index (χ0) is 23.5. The molecule has 4 nitrogen and oxygen atoms in total. The van der Waals surface area contributed by atoms with Gasteiger partial charge in [-0.2, -0.15) is 0 Å². The number of hydrogen-bond acceptors (Lipinski definition) is 4. The number of rotatable bonds is 5. The minimum absolute atomic E-state index is 0.288. The summed E-state index contributed by atoms with van der Waals surface area (Å²) in [6.07, 6.45) is 1.68. The maximum absolute atomic E-state index is 12.4. The Balaban J connectivity index is 1.52. The quantitative estimate of drug-likeness (QED) is 0.334. The van der Waals surface area contributed by atoms with Crippen LogP contribution < -0.4 is 10.1 Å². The zero-order valence-corrected chi connectivity index (χ0v) is 21.0. The molecule has 168 valence electrons. The molecule has 0 radical (unpaired) electrons. The summed E-state index contributed by atoms with van der Waals surface area (Å²) in [7, 11) is 0. The molecule has 0 saturated carbocycles. The van der Waals surface area contributed by atoms with Gasteiger partial charge in [0.25, 0.3) is 5.91 Å². The Labute approximate surface area is 215 Å². The molecule has 33 heavy (non-hydrogen) atoms. The van der Waals surface area contributed by atoms with Crippen LogP contribution in [0.4, 0.5) is 5.69 Å². The molecule has 1 heterocycles. The molecule has 1 amide bonds. The Hall–Kier alpha value is -2.15. The summed E-state index contributed by atoms with van der Waals surface area (Å²) in [5.74, 6) is 0.104.